The quantitative estimate of drug-likeness (QED) is 0.475. The standard InChI is InChI=1S/C27H28N2O2S/c1-19(2)21-12-14-24(15-13-21)29-26(31)18-32-27(29)22-9-6-10-23(17-22)28-25(30)16-11-20-7-4-3-5-8-20/h3-10,12-15,17,19,27H,11,16,18H2,1-2H3,(H,28,30). The largest absolute Gasteiger partial charge is 0.326 e. The minimum atomic E-state index is -0.103. The molecule has 0 saturated carbocycles. The molecule has 0 radical (unpaired) electrons. The van der Waals surface area contributed by atoms with E-state index in [2.05, 4.69) is 31.3 Å². The van der Waals surface area contributed by atoms with Crippen molar-refractivity contribution >= 4 is 35.0 Å². The first-order valence-corrected chi connectivity index (χ1v) is 12.0. The van der Waals surface area contributed by atoms with E-state index >= 15 is 0 Å². The van der Waals surface area contributed by atoms with Crippen LogP contribution in [0.25, 0.3) is 0 Å². The number of amides is 2. The highest BCUT2D eigenvalue weighted by Gasteiger charge is 2.34. The second-order valence-corrected chi connectivity index (χ2v) is 9.40. The summed E-state index contributed by atoms with van der Waals surface area (Å²) in [5, 5.41) is 2.91. The summed E-state index contributed by atoms with van der Waals surface area (Å²) in [6.45, 7) is 4.32. The molecule has 1 aliphatic rings. The molecule has 0 bridgehead atoms. The van der Waals surface area contributed by atoms with Crippen molar-refractivity contribution in [3.05, 3.63) is 95.6 Å². The minimum Gasteiger partial charge on any atom is -0.326 e. The third-order valence-electron chi connectivity index (χ3n) is 5.64. The second-order valence-electron chi connectivity index (χ2n) is 8.33. The minimum absolute atomic E-state index is 0.0118. The van der Waals surface area contributed by atoms with E-state index in [-0.39, 0.29) is 17.2 Å². The van der Waals surface area contributed by atoms with Crippen LogP contribution in [0.2, 0.25) is 0 Å². The zero-order valence-corrected chi connectivity index (χ0v) is 19.3. The summed E-state index contributed by atoms with van der Waals surface area (Å²) < 4.78 is 0. The highest BCUT2D eigenvalue weighted by molar-refractivity contribution is 8.00. The molecule has 1 aliphatic heterocycles. The number of carbonyl (C=O) groups excluding carboxylic acids is 2. The summed E-state index contributed by atoms with van der Waals surface area (Å²) in [5.41, 5.74) is 5.08. The van der Waals surface area contributed by atoms with Gasteiger partial charge in [0.05, 0.1) is 5.75 Å². The molecule has 3 aromatic carbocycles. The lowest BCUT2D eigenvalue weighted by Gasteiger charge is -2.25. The number of benzene rings is 3. The fourth-order valence-corrected chi connectivity index (χ4v) is 5.03. The molecule has 2 amide bonds. The van der Waals surface area contributed by atoms with Gasteiger partial charge in [-0.1, -0.05) is 68.4 Å². The number of rotatable bonds is 7. The van der Waals surface area contributed by atoms with Crippen molar-refractivity contribution in [2.24, 2.45) is 0 Å². The molecular weight excluding hydrogens is 416 g/mol. The number of aryl methyl sites for hydroxylation is 1. The first-order chi connectivity index (χ1) is 15.5. The Labute approximate surface area is 194 Å². The van der Waals surface area contributed by atoms with Gasteiger partial charge in [-0.25, -0.2) is 0 Å². The third kappa shape index (κ3) is 5.22. The van der Waals surface area contributed by atoms with Crippen molar-refractivity contribution in [1.82, 2.24) is 0 Å². The van der Waals surface area contributed by atoms with E-state index in [0.29, 0.717) is 24.5 Å². The van der Waals surface area contributed by atoms with Gasteiger partial charge >= 0.3 is 0 Å². The molecule has 0 spiro atoms. The van der Waals surface area contributed by atoms with E-state index < -0.39 is 0 Å². The number of hydrogen-bond donors (Lipinski definition) is 1. The van der Waals surface area contributed by atoms with E-state index in [1.807, 2.05) is 71.6 Å². The molecule has 1 atom stereocenters. The Bertz CT molecular complexity index is 1080. The average Bonchev–Trinajstić information content (AvgIpc) is 3.20. The molecule has 5 heteroatoms. The van der Waals surface area contributed by atoms with Crippen molar-refractivity contribution in [2.75, 3.05) is 16.0 Å². The van der Waals surface area contributed by atoms with Crippen LogP contribution in [-0.2, 0) is 16.0 Å². The second kappa shape index (κ2) is 10.0. The highest BCUT2D eigenvalue weighted by Crippen LogP contribution is 2.42. The molecule has 1 saturated heterocycles. The molecule has 1 fully saturated rings. The molecule has 1 N–H and O–H groups in total. The third-order valence-corrected chi connectivity index (χ3v) is 6.86. The molecule has 4 rings (SSSR count). The Hall–Kier alpha value is -3.05. The van der Waals surface area contributed by atoms with Crippen LogP contribution in [0.5, 0.6) is 0 Å². The molecule has 0 aliphatic carbocycles. The number of nitrogens with one attached hydrogen (secondary N) is 1. The Morgan fingerprint density at radius 1 is 1.03 bits per heavy atom. The predicted molar refractivity (Wildman–Crippen MR) is 133 cm³/mol. The van der Waals surface area contributed by atoms with Crippen molar-refractivity contribution in [3.8, 4) is 0 Å². The van der Waals surface area contributed by atoms with Crippen molar-refractivity contribution in [1.29, 1.82) is 0 Å². The van der Waals surface area contributed by atoms with Crippen LogP contribution in [-0.4, -0.2) is 17.6 Å². The first kappa shape index (κ1) is 22.2. The van der Waals surface area contributed by atoms with Crippen LogP contribution >= 0.6 is 11.8 Å². The zero-order valence-electron chi connectivity index (χ0n) is 18.5. The van der Waals surface area contributed by atoms with Gasteiger partial charge in [0.2, 0.25) is 11.8 Å². The number of hydrogen-bond acceptors (Lipinski definition) is 3. The molecule has 1 heterocycles. The fraction of sp³-hybridized carbons (Fsp3) is 0.259. The smallest absolute Gasteiger partial charge is 0.238 e. The molecule has 4 nitrogen and oxygen atoms in total. The Balaban J connectivity index is 1.46. The van der Waals surface area contributed by atoms with E-state index in [9.17, 15) is 9.59 Å². The van der Waals surface area contributed by atoms with Crippen LogP contribution in [0.1, 0.15) is 48.3 Å². The lowest BCUT2D eigenvalue weighted by Crippen LogP contribution is -2.27. The maximum Gasteiger partial charge on any atom is 0.238 e. The monoisotopic (exact) mass is 444 g/mol. The maximum atomic E-state index is 12.7. The van der Waals surface area contributed by atoms with E-state index in [1.54, 1.807) is 11.8 Å². The van der Waals surface area contributed by atoms with Gasteiger partial charge in [0.1, 0.15) is 5.37 Å². The van der Waals surface area contributed by atoms with Crippen molar-refractivity contribution < 1.29 is 9.59 Å². The summed E-state index contributed by atoms with van der Waals surface area (Å²) >= 11 is 1.62. The summed E-state index contributed by atoms with van der Waals surface area (Å²) in [5.74, 6) is 0.993. The van der Waals surface area contributed by atoms with Gasteiger partial charge in [-0.2, -0.15) is 0 Å². The summed E-state index contributed by atoms with van der Waals surface area (Å²) in [7, 11) is 0. The van der Waals surface area contributed by atoms with Crippen molar-refractivity contribution in [3.63, 3.8) is 0 Å². The predicted octanol–water partition coefficient (Wildman–Crippen LogP) is 6.16. The average molecular weight is 445 g/mol. The number of nitrogens with zero attached hydrogens (tertiary/aromatic N) is 1. The van der Waals surface area contributed by atoms with Gasteiger partial charge in [-0.15, -0.1) is 11.8 Å². The zero-order chi connectivity index (χ0) is 22.5. The maximum absolute atomic E-state index is 12.7. The number of carbonyl (C=O) groups is 2. The van der Waals surface area contributed by atoms with Crippen LogP contribution in [0.3, 0.4) is 0 Å². The molecule has 32 heavy (non-hydrogen) atoms. The lowest BCUT2D eigenvalue weighted by atomic mass is 10.0. The Morgan fingerprint density at radius 2 is 1.78 bits per heavy atom. The Kier molecular flexibility index (Phi) is 6.96. The van der Waals surface area contributed by atoms with Gasteiger partial charge in [-0.3, -0.25) is 14.5 Å². The van der Waals surface area contributed by atoms with Crippen molar-refractivity contribution in [2.45, 2.75) is 38.0 Å². The van der Waals surface area contributed by atoms with Gasteiger partial charge in [-0.05, 0) is 53.3 Å². The SMILES string of the molecule is CC(C)c1ccc(N2C(=O)CSC2c2cccc(NC(=O)CCc3ccccc3)c2)cc1. The van der Waals surface area contributed by atoms with E-state index in [4.69, 9.17) is 0 Å². The van der Waals surface area contributed by atoms with E-state index in [0.717, 1.165) is 22.5 Å². The van der Waals surface area contributed by atoms with Gasteiger partial charge < -0.3 is 5.32 Å². The first-order valence-electron chi connectivity index (χ1n) is 11.0. The van der Waals surface area contributed by atoms with Crippen LogP contribution < -0.4 is 10.2 Å². The topological polar surface area (TPSA) is 49.4 Å². The lowest BCUT2D eigenvalue weighted by molar-refractivity contribution is -0.116. The van der Waals surface area contributed by atoms with Gasteiger partial charge in [0, 0.05) is 17.8 Å². The normalized spacial score (nSPS) is 15.9. The van der Waals surface area contributed by atoms with Crippen LogP contribution in [0.15, 0.2) is 78.9 Å². The summed E-state index contributed by atoms with van der Waals surface area (Å²) in [4.78, 5) is 27.0. The Morgan fingerprint density at radius 3 is 2.50 bits per heavy atom. The van der Waals surface area contributed by atoms with Gasteiger partial charge in [0.25, 0.3) is 0 Å². The van der Waals surface area contributed by atoms with Crippen LogP contribution in [0.4, 0.5) is 11.4 Å². The molecule has 0 aromatic heterocycles. The van der Waals surface area contributed by atoms with E-state index in [1.165, 1.54) is 5.56 Å². The summed E-state index contributed by atoms with van der Waals surface area (Å²) in [6.07, 6.45) is 1.14. The fourth-order valence-electron chi connectivity index (χ4n) is 3.87. The molecule has 1 unspecified atom stereocenters. The molecule has 3 aromatic rings. The summed E-state index contributed by atoms with van der Waals surface area (Å²) in [6, 6.07) is 26.1. The molecule has 164 valence electrons. The number of anilines is 2. The van der Waals surface area contributed by atoms with Crippen LogP contribution in [0, 0.1) is 0 Å². The number of thioether (sulfide) groups is 1. The van der Waals surface area contributed by atoms with Gasteiger partial charge in [0.15, 0.2) is 0 Å². The molecular formula is C27H28N2O2S. The highest BCUT2D eigenvalue weighted by atomic mass is 32.2.